The molecule has 0 spiro atoms. The summed E-state index contributed by atoms with van der Waals surface area (Å²) in [5.41, 5.74) is 4.70. The lowest BCUT2D eigenvalue weighted by atomic mass is 9.90. The van der Waals surface area contributed by atoms with Crippen molar-refractivity contribution in [3.63, 3.8) is 0 Å². The van der Waals surface area contributed by atoms with Gasteiger partial charge in [0.1, 0.15) is 5.75 Å². The van der Waals surface area contributed by atoms with E-state index < -0.39 is 5.92 Å². The third-order valence-electron chi connectivity index (χ3n) is 5.75. The summed E-state index contributed by atoms with van der Waals surface area (Å²) in [5.74, 6) is 0.749. The molecule has 5 rings (SSSR count). The molecule has 0 unspecified atom stereocenters. The predicted octanol–water partition coefficient (Wildman–Crippen LogP) is 6.01. The van der Waals surface area contributed by atoms with Gasteiger partial charge in [-0.2, -0.15) is 5.10 Å². The van der Waals surface area contributed by atoms with Gasteiger partial charge < -0.3 is 10.1 Å². The summed E-state index contributed by atoms with van der Waals surface area (Å²) in [6.07, 6.45) is 0. The molecule has 0 aliphatic heterocycles. The van der Waals surface area contributed by atoms with E-state index in [0.717, 1.165) is 38.9 Å². The molecular formula is C28H23N3O2. The fraction of sp³-hybridized carbons (Fsp3) is 0.0714. The fourth-order valence-corrected chi connectivity index (χ4v) is 4.14. The van der Waals surface area contributed by atoms with E-state index in [1.54, 1.807) is 7.11 Å². The summed E-state index contributed by atoms with van der Waals surface area (Å²) in [7, 11) is 1.66. The summed E-state index contributed by atoms with van der Waals surface area (Å²) in [5, 5.41) is 11.3. The molecule has 0 fully saturated rings. The van der Waals surface area contributed by atoms with Crippen molar-refractivity contribution in [2.24, 2.45) is 0 Å². The quantitative estimate of drug-likeness (QED) is 0.345. The number of para-hydroxylation sites is 1. The number of H-pyrrole nitrogens is 1. The maximum atomic E-state index is 13.4. The summed E-state index contributed by atoms with van der Waals surface area (Å²) in [4.78, 5) is 13.4. The minimum atomic E-state index is -0.438. The van der Waals surface area contributed by atoms with Gasteiger partial charge in [0.15, 0.2) is 5.82 Å². The van der Waals surface area contributed by atoms with Gasteiger partial charge in [-0.15, -0.1) is 0 Å². The zero-order valence-electron chi connectivity index (χ0n) is 18.2. The van der Waals surface area contributed by atoms with Crippen LogP contribution in [0.25, 0.3) is 22.0 Å². The molecular weight excluding hydrogens is 410 g/mol. The molecule has 1 amide bonds. The Morgan fingerprint density at radius 1 is 0.848 bits per heavy atom. The number of ether oxygens (including phenoxy) is 1. The second-order valence-electron chi connectivity index (χ2n) is 7.78. The van der Waals surface area contributed by atoms with Crippen molar-refractivity contribution in [3.05, 3.63) is 114 Å². The van der Waals surface area contributed by atoms with Gasteiger partial charge in [-0.3, -0.25) is 9.89 Å². The molecule has 162 valence electrons. The Balaban J connectivity index is 1.47. The first-order valence-corrected chi connectivity index (χ1v) is 10.8. The molecule has 1 aromatic heterocycles. The third-order valence-corrected chi connectivity index (χ3v) is 5.75. The van der Waals surface area contributed by atoms with Crippen LogP contribution in [0.4, 0.5) is 5.82 Å². The van der Waals surface area contributed by atoms with Crippen LogP contribution in [0.15, 0.2) is 103 Å². The second-order valence-corrected chi connectivity index (χ2v) is 7.78. The van der Waals surface area contributed by atoms with Crippen LogP contribution in [0, 0.1) is 0 Å². The van der Waals surface area contributed by atoms with Crippen LogP contribution in [0.2, 0.25) is 0 Å². The zero-order valence-corrected chi connectivity index (χ0v) is 18.2. The Morgan fingerprint density at radius 2 is 1.48 bits per heavy atom. The first-order chi connectivity index (χ1) is 16.2. The smallest absolute Gasteiger partial charge is 0.237 e. The molecule has 5 heteroatoms. The topological polar surface area (TPSA) is 67.0 Å². The number of nitrogens with zero attached hydrogens (tertiary/aromatic N) is 1. The number of rotatable bonds is 6. The van der Waals surface area contributed by atoms with Crippen LogP contribution >= 0.6 is 0 Å². The Bertz CT molecular complexity index is 1360. The number of aromatic nitrogens is 2. The normalized spacial score (nSPS) is 11.0. The van der Waals surface area contributed by atoms with E-state index in [-0.39, 0.29) is 5.91 Å². The maximum absolute atomic E-state index is 13.4. The van der Waals surface area contributed by atoms with Crippen molar-refractivity contribution < 1.29 is 9.53 Å². The number of hydrogen-bond donors (Lipinski definition) is 2. The Hall–Kier alpha value is -4.38. The first-order valence-electron chi connectivity index (χ1n) is 10.8. The van der Waals surface area contributed by atoms with Gasteiger partial charge in [0.25, 0.3) is 0 Å². The highest BCUT2D eigenvalue weighted by Crippen LogP contribution is 2.33. The summed E-state index contributed by atoms with van der Waals surface area (Å²) in [6, 6.07) is 33.4. The Morgan fingerprint density at radius 3 is 2.15 bits per heavy atom. The van der Waals surface area contributed by atoms with E-state index in [0.29, 0.717) is 5.82 Å². The highest BCUT2D eigenvalue weighted by Gasteiger charge is 2.24. The third kappa shape index (κ3) is 4.08. The minimum absolute atomic E-state index is 0.130. The number of aromatic amines is 1. The average molecular weight is 434 g/mol. The average Bonchev–Trinajstić information content (AvgIpc) is 3.27. The van der Waals surface area contributed by atoms with Gasteiger partial charge in [-0.25, -0.2) is 0 Å². The molecule has 0 atom stereocenters. The highest BCUT2D eigenvalue weighted by molar-refractivity contribution is 6.04. The molecule has 4 aromatic carbocycles. The van der Waals surface area contributed by atoms with Crippen molar-refractivity contribution in [3.8, 4) is 16.9 Å². The van der Waals surface area contributed by atoms with Gasteiger partial charge in [0.05, 0.1) is 18.5 Å². The lowest BCUT2D eigenvalue weighted by Gasteiger charge is -2.17. The van der Waals surface area contributed by atoms with Crippen molar-refractivity contribution in [2.45, 2.75) is 5.92 Å². The molecule has 1 heterocycles. The molecule has 5 aromatic rings. The number of carbonyl (C=O) groups excluding carboxylic acids is 1. The number of amides is 1. The standard InChI is InChI=1S/C28H23N3O2/c1-33-25-15-9-8-14-22(25)21-16-17-23-24(18-21)30-31-27(23)29-28(32)26(19-10-4-2-5-11-19)20-12-6-3-7-13-20/h2-18,26H,1H3,(H2,29,30,31,32). The Labute approximate surface area is 192 Å². The zero-order chi connectivity index (χ0) is 22.6. The number of anilines is 1. The lowest BCUT2D eigenvalue weighted by molar-refractivity contribution is -0.116. The van der Waals surface area contributed by atoms with Crippen molar-refractivity contribution in [1.82, 2.24) is 10.2 Å². The molecule has 2 N–H and O–H groups in total. The fourth-order valence-electron chi connectivity index (χ4n) is 4.14. The second kappa shape index (κ2) is 9.01. The number of nitrogens with one attached hydrogen (secondary N) is 2. The van der Waals surface area contributed by atoms with Crippen LogP contribution in [-0.2, 0) is 4.79 Å². The van der Waals surface area contributed by atoms with Crippen LogP contribution in [0.1, 0.15) is 17.0 Å². The highest BCUT2D eigenvalue weighted by atomic mass is 16.5. The van der Waals surface area contributed by atoms with E-state index in [1.807, 2.05) is 103 Å². The molecule has 0 radical (unpaired) electrons. The minimum Gasteiger partial charge on any atom is -0.496 e. The largest absolute Gasteiger partial charge is 0.496 e. The van der Waals surface area contributed by atoms with Crippen LogP contribution in [-0.4, -0.2) is 23.2 Å². The monoisotopic (exact) mass is 433 g/mol. The summed E-state index contributed by atoms with van der Waals surface area (Å²) in [6.45, 7) is 0. The van der Waals surface area contributed by atoms with Crippen LogP contribution in [0.5, 0.6) is 5.75 Å². The molecule has 0 saturated carbocycles. The van der Waals surface area contributed by atoms with Crippen LogP contribution in [0.3, 0.4) is 0 Å². The molecule has 33 heavy (non-hydrogen) atoms. The summed E-state index contributed by atoms with van der Waals surface area (Å²) < 4.78 is 5.50. The van der Waals surface area contributed by atoms with Crippen LogP contribution < -0.4 is 10.1 Å². The van der Waals surface area contributed by atoms with Gasteiger partial charge >= 0.3 is 0 Å². The predicted molar refractivity (Wildman–Crippen MR) is 131 cm³/mol. The van der Waals surface area contributed by atoms with Gasteiger partial charge in [-0.05, 0) is 34.9 Å². The molecule has 5 nitrogen and oxygen atoms in total. The molecule has 0 bridgehead atoms. The number of carbonyl (C=O) groups is 1. The molecule has 0 saturated heterocycles. The Kier molecular flexibility index (Phi) is 5.60. The SMILES string of the molecule is COc1ccccc1-c1ccc2c(NC(=O)C(c3ccccc3)c3ccccc3)n[nH]c2c1. The number of methoxy groups -OCH3 is 1. The van der Waals surface area contributed by atoms with Gasteiger partial charge in [0, 0.05) is 10.9 Å². The van der Waals surface area contributed by atoms with Crippen molar-refractivity contribution in [2.75, 3.05) is 12.4 Å². The van der Waals surface area contributed by atoms with Gasteiger partial charge in [0.2, 0.25) is 5.91 Å². The lowest BCUT2D eigenvalue weighted by Crippen LogP contribution is -2.22. The summed E-state index contributed by atoms with van der Waals surface area (Å²) >= 11 is 0. The van der Waals surface area contributed by atoms with E-state index in [9.17, 15) is 4.79 Å². The first kappa shape index (κ1) is 20.5. The van der Waals surface area contributed by atoms with E-state index in [1.165, 1.54) is 0 Å². The number of fused-ring (bicyclic) bond motifs is 1. The van der Waals surface area contributed by atoms with Crippen molar-refractivity contribution in [1.29, 1.82) is 0 Å². The van der Waals surface area contributed by atoms with Gasteiger partial charge in [-0.1, -0.05) is 84.9 Å². The van der Waals surface area contributed by atoms with E-state index >= 15 is 0 Å². The molecule has 0 aliphatic carbocycles. The number of hydrogen-bond acceptors (Lipinski definition) is 3. The molecule has 0 aliphatic rings. The van der Waals surface area contributed by atoms with E-state index in [2.05, 4.69) is 15.5 Å². The van der Waals surface area contributed by atoms with E-state index in [4.69, 9.17) is 4.74 Å². The number of benzene rings is 4. The van der Waals surface area contributed by atoms with Crippen molar-refractivity contribution >= 4 is 22.6 Å². The maximum Gasteiger partial charge on any atom is 0.237 e.